The summed E-state index contributed by atoms with van der Waals surface area (Å²) in [5.74, 6) is 0.226. The topological polar surface area (TPSA) is 47.4 Å². The van der Waals surface area contributed by atoms with Gasteiger partial charge in [0.1, 0.15) is 18.2 Å². The number of hydrogen-bond acceptors (Lipinski definition) is 4. The van der Waals surface area contributed by atoms with E-state index in [1.807, 2.05) is 18.5 Å². The molecule has 3 rings (SSSR count). The second kappa shape index (κ2) is 8.01. The average Bonchev–Trinajstić information content (AvgIpc) is 3.22. The number of carbonyl (C=O) groups is 1. The predicted octanol–water partition coefficient (Wildman–Crippen LogP) is 4.23. The van der Waals surface area contributed by atoms with Gasteiger partial charge in [-0.3, -0.25) is 9.48 Å². The minimum absolute atomic E-state index is 0.0591. The summed E-state index contributed by atoms with van der Waals surface area (Å²) in [6.07, 6.45) is 1.71. The number of halogens is 2. The number of hydrogen-bond donors (Lipinski definition) is 0. The molecular formula is C18H17BrFN3O2S. The summed E-state index contributed by atoms with van der Waals surface area (Å²) >= 11 is 4.82. The monoisotopic (exact) mass is 437 g/mol. The molecule has 0 saturated carbocycles. The summed E-state index contributed by atoms with van der Waals surface area (Å²) in [6, 6.07) is 7.68. The first kappa shape index (κ1) is 18.6. The van der Waals surface area contributed by atoms with Gasteiger partial charge in [-0.15, -0.1) is 11.3 Å². The molecule has 8 heteroatoms. The molecule has 0 aliphatic carbocycles. The fourth-order valence-corrected chi connectivity index (χ4v) is 3.72. The van der Waals surface area contributed by atoms with Crippen LogP contribution < -0.4 is 4.74 Å². The van der Waals surface area contributed by atoms with Crippen molar-refractivity contribution in [2.24, 2.45) is 7.05 Å². The lowest BCUT2D eigenvalue weighted by molar-refractivity contribution is 0.0786. The standard InChI is InChI=1S/C18H17BrFN3O2S/c1-22(9-16-15(19)8-21-23(16)2)18(24)17-7-12(11-26-17)10-25-14-5-3-13(20)4-6-14/h3-8,11H,9-10H2,1-2H3. The Labute approximate surface area is 163 Å². The van der Waals surface area contributed by atoms with Gasteiger partial charge in [-0.1, -0.05) is 0 Å². The van der Waals surface area contributed by atoms with Crippen LogP contribution in [0, 0.1) is 5.82 Å². The fraction of sp³-hybridized carbons (Fsp3) is 0.222. The smallest absolute Gasteiger partial charge is 0.264 e. The summed E-state index contributed by atoms with van der Waals surface area (Å²) in [5, 5.41) is 6.05. The van der Waals surface area contributed by atoms with Crippen LogP contribution in [0.25, 0.3) is 0 Å². The molecule has 0 radical (unpaired) electrons. The summed E-state index contributed by atoms with van der Waals surface area (Å²) in [7, 11) is 3.60. The third-order valence-corrected chi connectivity index (χ3v) is 5.46. The SMILES string of the molecule is CN(Cc1c(Br)cnn1C)C(=O)c1cc(COc2ccc(F)cc2)cs1. The Morgan fingerprint density at radius 3 is 2.77 bits per heavy atom. The quantitative estimate of drug-likeness (QED) is 0.579. The van der Waals surface area contributed by atoms with Gasteiger partial charge in [0.15, 0.2) is 0 Å². The van der Waals surface area contributed by atoms with E-state index in [1.54, 1.807) is 35.0 Å². The van der Waals surface area contributed by atoms with Crippen molar-refractivity contribution in [1.82, 2.24) is 14.7 Å². The number of benzene rings is 1. The maximum Gasteiger partial charge on any atom is 0.264 e. The van der Waals surface area contributed by atoms with Crippen molar-refractivity contribution in [3.8, 4) is 5.75 Å². The third-order valence-electron chi connectivity index (χ3n) is 3.83. The molecule has 0 N–H and O–H groups in total. The summed E-state index contributed by atoms with van der Waals surface area (Å²) in [4.78, 5) is 14.9. The molecule has 2 heterocycles. The molecule has 0 unspecified atom stereocenters. The van der Waals surface area contributed by atoms with Crippen LogP contribution in [0.2, 0.25) is 0 Å². The number of aromatic nitrogens is 2. The Hall–Kier alpha value is -2.19. The van der Waals surface area contributed by atoms with Crippen LogP contribution in [0.4, 0.5) is 4.39 Å². The molecule has 0 atom stereocenters. The highest BCUT2D eigenvalue weighted by atomic mass is 79.9. The van der Waals surface area contributed by atoms with Crippen molar-refractivity contribution in [3.63, 3.8) is 0 Å². The van der Waals surface area contributed by atoms with Gasteiger partial charge in [0.05, 0.1) is 27.8 Å². The van der Waals surface area contributed by atoms with Crippen molar-refractivity contribution in [2.45, 2.75) is 13.2 Å². The van der Waals surface area contributed by atoms with Gasteiger partial charge in [-0.2, -0.15) is 5.10 Å². The zero-order chi connectivity index (χ0) is 18.7. The lowest BCUT2D eigenvalue weighted by Gasteiger charge is -2.16. The van der Waals surface area contributed by atoms with Gasteiger partial charge in [0, 0.05) is 19.7 Å². The van der Waals surface area contributed by atoms with Crippen molar-refractivity contribution < 1.29 is 13.9 Å². The number of ether oxygens (including phenoxy) is 1. The predicted molar refractivity (Wildman–Crippen MR) is 102 cm³/mol. The van der Waals surface area contributed by atoms with E-state index in [4.69, 9.17) is 4.74 Å². The largest absolute Gasteiger partial charge is 0.489 e. The number of aryl methyl sites for hydroxylation is 1. The van der Waals surface area contributed by atoms with Gasteiger partial charge >= 0.3 is 0 Å². The first-order chi connectivity index (χ1) is 12.4. The van der Waals surface area contributed by atoms with Crippen molar-refractivity contribution in [2.75, 3.05) is 7.05 Å². The van der Waals surface area contributed by atoms with E-state index >= 15 is 0 Å². The van der Waals surface area contributed by atoms with Crippen LogP contribution in [0.5, 0.6) is 5.75 Å². The Kier molecular flexibility index (Phi) is 5.73. The molecule has 1 aromatic carbocycles. The van der Waals surface area contributed by atoms with E-state index in [0.717, 1.165) is 15.7 Å². The minimum atomic E-state index is -0.302. The summed E-state index contributed by atoms with van der Waals surface area (Å²) in [5.41, 5.74) is 1.83. The van der Waals surface area contributed by atoms with E-state index < -0.39 is 0 Å². The molecule has 0 aliphatic rings. The van der Waals surface area contributed by atoms with E-state index in [9.17, 15) is 9.18 Å². The van der Waals surface area contributed by atoms with E-state index in [2.05, 4.69) is 21.0 Å². The second-order valence-corrected chi connectivity index (χ2v) is 7.55. The van der Waals surface area contributed by atoms with Gasteiger partial charge < -0.3 is 9.64 Å². The molecule has 0 saturated heterocycles. The van der Waals surface area contributed by atoms with Crippen LogP contribution in [0.1, 0.15) is 20.9 Å². The fourth-order valence-electron chi connectivity index (χ4n) is 2.36. The van der Waals surface area contributed by atoms with Gasteiger partial charge in [0.25, 0.3) is 5.91 Å². The van der Waals surface area contributed by atoms with Crippen LogP contribution in [0.15, 0.2) is 46.4 Å². The van der Waals surface area contributed by atoms with Gasteiger partial charge in [-0.05, 0) is 51.6 Å². The molecule has 0 spiro atoms. The average molecular weight is 438 g/mol. The lowest BCUT2D eigenvalue weighted by atomic mass is 10.3. The molecule has 1 amide bonds. The summed E-state index contributed by atoms with van der Waals surface area (Å²) < 4.78 is 21.1. The van der Waals surface area contributed by atoms with E-state index in [1.165, 1.54) is 23.5 Å². The molecule has 0 bridgehead atoms. The number of rotatable bonds is 6. The minimum Gasteiger partial charge on any atom is -0.489 e. The Morgan fingerprint density at radius 1 is 1.38 bits per heavy atom. The van der Waals surface area contributed by atoms with Crippen LogP contribution in [-0.2, 0) is 20.2 Å². The Balaban J connectivity index is 1.61. The number of amides is 1. The molecule has 26 heavy (non-hydrogen) atoms. The van der Waals surface area contributed by atoms with Crippen molar-refractivity contribution >= 4 is 33.2 Å². The van der Waals surface area contributed by atoms with Gasteiger partial charge in [-0.25, -0.2) is 4.39 Å². The molecule has 3 aromatic rings. The number of thiophene rings is 1. The molecule has 0 aliphatic heterocycles. The van der Waals surface area contributed by atoms with Crippen LogP contribution >= 0.6 is 27.3 Å². The molecule has 2 aromatic heterocycles. The number of nitrogens with zero attached hydrogens (tertiary/aromatic N) is 3. The molecular weight excluding hydrogens is 421 g/mol. The highest BCUT2D eigenvalue weighted by molar-refractivity contribution is 9.10. The highest BCUT2D eigenvalue weighted by Crippen LogP contribution is 2.21. The molecule has 136 valence electrons. The zero-order valence-corrected chi connectivity index (χ0v) is 16.7. The van der Waals surface area contributed by atoms with Crippen LogP contribution in [-0.4, -0.2) is 27.6 Å². The molecule has 0 fully saturated rings. The Morgan fingerprint density at radius 2 is 2.12 bits per heavy atom. The summed E-state index contributed by atoms with van der Waals surface area (Å²) in [6.45, 7) is 0.779. The third kappa shape index (κ3) is 4.31. The van der Waals surface area contributed by atoms with Crippen molar-refractivity contribution in [1.29, 1.82) is 0 Å². The van der Waals surface area contributed by atoms with E-state index in [0.29, 0.717) is 23.8 Å². The highest BCUT2D eigenvalue weighted by Gasteiger charge is 2.17. The Bertz CT molecular complexity index is 888. The zero-order valence-electron chi connectivity index (χ0n) is 14.3. The molecule has 5 nitrogen and oxygen atoms in total. The first-order valence-corrected chi connectivity index (χ1v) is 9.49. The maximum absolute atomic E-state index is 12.9. The second-order valence-electron chi connectivity index (χ2n) is 5.79. The van der Waals surface area contributed by atoms with Crippen LogP contribution in [0.3, 0.4) is 0 Å². The number of carbonyl (C=O) groups excluding carboxylic acids is 1. The first-order valence-electron chi connectivity index (χ1n) is 7.81. The van der Waals surface area contributed by atoms with E-state index in [-0.39, 0.29) is 11.7 Å². The normalized spacial score (nSPS) is 10.8. The lowest BCUT2D eigenvalue weighted by Crippen LogP contribution is -2.26. The van der Waals surface area contributed by atoms with Gasteiger partial charge in [0.2, 0.25) is 0 Å². The maximum atomic E-state index is 12.9. The van der Waals surface area contributed by atoms with Crippen molar-refractivity contribution in [3.05, 3.63) is 68.3 Å².